The summed E-state index contributed by atoms with van der Waals surface area (Å²) in [6, 6.07) is 0.432. The molecular weight excluding hydrogens is 256 g/mol. The van der Waals surface area contributed by atoms with Gasteiger partial charge in [-0.1, -0.05) is 13.8 Å². The highest BCUT2D eigenvalue weighted by atomic mass is 32.2. The second-order valence-electron chi connectivity index (χ2n) is 7.11. The van der Waals surface area contributed by atoms with Crippen LogP contribution in [0.25, 0.3) is 0 Å². The Kier molecular flexibility index (Phi) is 4.74. The third kappa shape index (κ3) is 3.06. The zero-order chi connectivity index (χ0) is 14.1. The average molecular weight is 286 g/mol. The van der Waals surface area contributed by atoms with Crippen LogP contribution in [0.4, 0.5) is 0 Å². The van der Waals surface area contributed by atoms with Crippen LogP contribution in [0.15, 0.2) is 0 Å². The lowest BCUT2D eigenvalue weighted by atomic mass is 9.74. The highest BCUT2D eigenvalue weighted by molar-refractivity contribution is 7.84. The van der Waals surface area contributed by atoms with Gasteiger partial charge in [-0.3, -0.25) is 0 Å². The van der Waals surface area contributed by atoms with Crippen LogP contribution in [0.2, 0.25) is 0 Å². The lowest BCUT2D eigenvalue weighted by Gasteiger charge is -2.41. The van der Waals surface area contributed by atoms with Gasteiger partial charge in [0.1, 0.15) is 0 Å². The molecule has 3 nitrogen and oxygen atoms in total. The molecule has 1 unspecified atom stereocenters. The molecule has 3 atom stereocenters. The van der Waals surface area contributed by atoms with Gasteiger partial charge in [-0.15, -0.1) is 0 Å². The van der Waals surface area contributed by atoms with E-state index in [1.54, 1.807) is 0 Å². The van der Waals surface area contributed by atoms with Gasteiger partial charge >= 0.3 is 0 Å². The summed E-state index contributed by atoms with van der Waals surface area (Å²) in [4.78, 5) is 0. The lowest BCUT2D eigenvalue weighted by Crippen LogP contribution is -2.52. The molecule has 19 heavy (non-hydrogen) atoms. The molecule has 0 aromatic heterocycles. The van der Waals surface area contributed by atoms with Crippen molar-refractivity contribution in [3.05, 3.63) is 0 Å². The first-order valence-electron chi connectivity index (χ1n) is 7.80. The van der Waals surface area contributed by atoms with Crippen molar-refractivity contribution < 1.29 is 4.21 Å². The Labute approximate surface area is 120 Å². The molecule has 112 valence electrons. The summed E-state index contributed by atoms with van der Waals surface area (Å²) in [7, 11) is -0.939. The molecule has 0 amide bonds. The fourth-order valence-corrected chi connectivity index (χ4v) is 4.87. The topological polar surface area (TPSA) is 41.1 Å². The van der Waals surface area contributed by atoms with E-state index in [-0.39, 0.29) is 4.75 Å². The van der Waals surface area contributed by atoms with Gasteiger partial charge in [0, 0.05) is 6.04 Å². The minimum absolute atomic E-state index is 0.129. The molecule has 0 aromatic carbocycles. The van der Waals surface area contributed by atoms with Crippen molar-refractivity contribution in [2.45, 2.75) is 70.6 Å². The molecule has 1 aliphatic heterocycles. The van der Waals surface area contributed by atoms with E-state index in [0.29, 0.717) is 17.4 Å². The van der Waals surface area contributed by atoms with Crippen LogP contribution < -0.4 is 10.0 Å². The zero-order valence-electron chi connectivity index (χ0n) is 12.9. The molecule has 4 heteroatoms. The molecule has 1 aliphatic carbocycles. The maximum Gasteiger partial charge on any atom is 0.0975 e. The van der Waals surface area contributed by atoms with Crippen LogP contribution in [0.3, 0.4) is 0 Å². The smallest absolute Gasteiger partial charge is 0.0975 e. The number of piperidine rings is 1. The summed E-state index contributed by atoms with van der Waals surface area (Å²) in [5.41, 5.74) is 0.393. The van der Waals surface area contributed by atoms with Crippen molar-refractivity contribution in [1.29, 1.82) is 0 Å². The molecule has 1 heterocycles. The van der Waals surface area contributed by atoms with E-state index in [1.165, 1.54) is 25.7 Å². The zero-order valence-corrected chi connectivity index (χ0v) is 13.7. The first-order valence-corrected chi connectivity index (χ1v) is 8.95. The molecule has 0 aromatic rings. The van der Waals surface area contributed by atoms with E-state index in [2.05, 4.69) is 37.7 Å². The molecular formula is C15H30N2OS. The number of nitrogens with one attached hydrogen (secondary N) is 2. The normalized spacial score (nSPS) is 32.6. The number of hydrogen-bond donors (Lipinski definition) is 2. The summed E-state index contributed by atoms with van der Waals surface area (Å²) in [5, 5.41) is 3.46. The van der Waals surface area contributed by atoms with Crippen molar-refractivity contribution in [3.8, 4) is 0 Å². The molecule has 2 aliphatic rings. The second-order valence-corrected chi connectivity index (χ2v) is 8.98. The van der Waals surface area contributed by atoms with Crippen LogP contribution in [-0.4, -0.2) is 28.1 Å². The van der Waals surface area contributed by atoms with E-state index in [0.717, 1.165) is 19.5 Å². The SMILES string of the molecule is CCC(C)(C)[S@@](=O)N[C@@H]1C(C)CCC12CCNCC2. The summed E-state index contributed by atoms with van der Waals surface area (Å²) in [5.74, 6) is 0.648. The van der Waals surface area contributed by atoms with E-state index in [1.807, 2.05) is 0 Å². The Morgan fingerprint density at radius 3 is 2.53 bits per heavy atom. The predicted molar refractivity (Wildman–Crippen MR) is 82.4 cm³/mol. The number of hydrogen-bond acceptors (Lipinski definition) is 2. The Hall–Kier alpha value is 0.0700. The molecule has 0 radical (unpaired) electrons. The van der Waals surface area contributed by atoms with Gasteiger partial charge in [0.2, 0.25) is 0 Å². The first-order chi connectivity index (χ1) is 8.91. The van der Waals surface area contributed by atoms with Crippen LogP contribution in [0.1, 0.15) is 59.8 Å². The van der Waals surface area contributed by atoms with Crippen LogP contribution in [-0.2, 0) is 11.0 Å². The summed E-state index contributed by atoms with van der Waals surface area (Å²) in [6.07, 6.45) is 6.00. The summed E-state index contributed by atoms with van der Waals surface area (Å²) in [6.45, 7) is 10.9. The van der Waals surface area contributed by atoms with Gasteiger partial charge in [-0.05, 0) is 70.4 Å². The lowest BCUT2D eigenvalue weighted by molar-refractivity contribution is 0.163. The number of rotatable bonds is 4. The largest absolute Gasteiger partial charge is 0.317 e. The van der Waals surface area contributed by atoms with Crippen LogP contribution in [0.5, 0.6) is 0 Å². The van der Waals surface area contributed by atoms with Gasteiger partial charge in [-0.25, -0.2) is 8.93 Å². The van der Waals surface area contributed by atoms with Crippen molar-refractivity contribution >= 4 is 11.0 Å². The summed E-state index contributed by atoms with van der Waals surface area (Å²) >= 11 is 0. The standard InChI is InChI=1S/C15H30N2OS/c1-5-14(3,4)19(18)17-13-12(2)6-7-15(13)8-10-16-11-9-15/h12-13,16-17H,5-11H2,1-4H3/t12?,13-,19-/m1/s1. The Morgan fingerprint density at radius 2 is 1.95 bits per heavy atom. The van der Waals surface area contributed by atoms with E-state index in [4.69, 9.17) is 0 Å². The van der Waals surface area contributed by atoms with Gasteiger partial charge in [0.05, 0.1) is 15.7 Å². The quantitative estimate of drug-likeness (QED) is 0.834. The first kappa shape index (κ1) is 15.5. The summed E-state index contributed by atoms with van der Waals surface area (Å²) < 4.78 is 16.0. The molecule has 2 N–H and O–H groups in total. The van der Waals surface area contributed by atoms with Crippen LogP contribution >= 0.6 is 0 Å². The minimum Gasteiger partial charge on any atom is -0.317 e. The van der Waals surface area contributed by atoms with Crippen molar-refractivity contribution in [1.82, 2.24) is 10.0 Å². The highest BCUT2D eigenvalue weighted by Gasteiger charge is 2.48. The van der Waals surface area contributed by atoms with E-state index >= 15 is 0 Å². The van der Waals surface area contributed by atoms with Gasteiger partial charge in [-0.2, -0.15) is 0 Å². The van der Waals surface area contributed by atoms with Gasteiger partial charge in [0.25, 0.3) is 0 Å². The van der Waals surface area contributed by atoms with E-state index in [9.17, 15) is 4.21 Å². The van der Waals surface area contributed by atoms with E-state index < -0.39 is 11.0 Å². The fraction of sp³-hybridized carbons (Fsp3) is 1.00. The van der Waals surface area contributed by atoms with Gasteiger partial charge < -0.3 is 5.32 Å². The highest BCUT2D eigenvalue weighted by Crippen LogP contribution is 2.48. The maximum atomic E-state index is 12.6. The average Bonchev–Trinajstić information content (AvgIpc) is 2.69. The molecule has 1 spiro atoms. The Morgan fingerprint density at radius 1 is 1.32 bits per heavy atom. The molecule has 0 bridgehead atoms. The maximum absolute atomic E-state index is 12.6. The van der Waals surface area contributed by atoms with Crippen molar-refractivity contribution in [2.75, 3.05) is 13.1 Å². The second kappa shape index (κ2) is 5.82. The molecule has 1 saturated carbocycles. The molecule has 2 fully saturated rings. The molecule has 1 saturated heterocycles. The van der Waals surface area contributed by atoms with Gasteiger partial charge in [0.15, 0.2) is 0 Å². The molecule has 2 rings (SSSR count). The third-order valence-electron chi connectivity index (χ3n) is 5.51. The Balaban J connectivity index is 2.10. The minimum atomic E-state index is -0.939. The monoisotopic (exact) mass is 286 g/mol. The predicted octanol–water partition coefficient (Wildman–Crippen LogP) is 2.60. The van der Waals surface area contributed by atoms with Crippen molar-refractivity contribution in [2.24, 2.45) is 11.3 Å². The fourth-order valence-electron chi connectivity index (χ4n) is 3.57. The Bertz CT molecular complexity index is 332. The van der Waals surface area contributed by atoms with Crippen LogP contribution in [0, 0.1) is 11.3 Å². The third-order valence-corrected chi connectivity index (χ3v) is 7.27. The van der Waals surface area contributed by atoms with Crippen molar-refractivity contribution in [3.63, 3.8) is 0 Å².